The van der Waals surface area contributed by atoms with Crippen LogP contribution in [0.25, 0.3) is 0 Å². The Morgan fingerprint density at radius 2 is 1.17 bits per heavy atom. The lowest BCUT2D eigenvalue weighted by atomic mass is 10.2. The fourth-order valence-corrected chi connectivity index (χ4v) is 1.71. The molecule has 0 saturated carbocycles. The highest BCUT2D eigenvalue weighted by Gasteiger charge is 2.08. The molecule has 0 heterocycles. The highest BCUT2D eigenvalue weighted by atomic mass is 16.6. The van der Waals surface area contributed by atoms with Crippen molar-refractivity contribution in [1.82, 2.24) is 0 Å². The second-order valence-corrected chi connectivity index (χ2v) is 4.54. The maximum absolute atomic E-state index is 11.7. The van der Waals surface area contributed by atoms with Crippen LogP contribution in [0.1, 0.15) is 20.7 Å². The van der Waals surface area contributed by atoms with Crippen molar-refractivity contribution in [2.75, 3.05) is 6.61 Å². The molecule has 0 atom stereocenters. The summed E-state index contributed by atoms with van der Waals surface area (Å²) in [5, 5.41) is 0. The zero-order valence-electron chi connectivity index (χ0n) is 12.0. The average Bonchev–Trinajstić information content (AvgIpc) is 2.54. The van der Waals surface area contributed by atoms with Gasteiger partial charge in [0.2, 0.25) is 11.8 Å². The predicted molar refractivity (Wildman–Crippen MR) is 81.0 cm³/mol. The molecule has 4 N–H and O–H groups in total. The van der Waals surface area contributed by atoms with E-state index >= 15 is 0 Å². The van der Waals surface area contributed by atoms with Crippen molar-refractivity contribution >= 4 is 17.8 Å². The van der Waals surface area contributed by atoms with Gasteiger partial charge < -0.3 is 20.9 Å². The molecular formula is C16H14N2O5. The Morgan fingerprint density at radius 1 is 0.739 bits per heavy atom. The summed E-state index contributed by atoms with van der Waals surface area (Å²) in [4.78, 5) is 33.5. The molecule has 0 aliphatic rings. The van der Waals surface area contributed by atoms with Crippen molar-refractivity contribution in [1.29, 1.82) is 0 Å². The predicted octanol–water partition coefficient (Wildman–Crippen LogP) is 0.869. The van der Waals surface area contributed by atoms with Gasteiger partial charge in [-0.15, -0.1) is 0 Å². The van der Waals surface area contributed by atoms with Crippen LogP contribution in [-0.2, 0) is 4.79 Å². The van der Waals surface area contributed by atoms with Crippen molar-refractivity contribution in [3.63, 3.8) is 0 Å². The minimum atomic E-state index is -0.615. The number of primary amides is 2. The molecule has 2 rings (SSSR count). The van der Waals surface area contributed by atoms with Crippen molar-refractivity contribution in [3.05, 3.63) is 59.7 Å². The van der Waals surface area contributed by atoms with Crippen LogP contribution in [0.15, 0.2) is 48.5 Å². The third-order valence-electron chi connectivity index (χ3n) is 2.87. The fraction of sp³-hybridized carbons (Fsp3) is 0.0625. The minimum absolute atomic E-state index is 0.271. The monoisotopic (exact) mass is 314 g/mol. The van der Waals surface area contributed by atoms with E-state index in [1.807, 2.05) is 0 Å². The summed E-state index contributed by atoms with van der Waals surface area (Å²) in [6, 6.07) is 11.9. The molecule has 0 radical (unpaired) electrons. The Morgan fingerprint density at radius 3 is 1.61 bits per heavy atom. The molecule has 7 nitrogen and oxygen atoms in total. The van der Waals surface area contributed by atoms with Gasteiger partial charge in [0.15, 0.2) is 6.61 Å². The summed E-state index contributed by atoms with van der Waals surface area (Å²) in [6.07, 6.45) is 0. The normalized spacial score (nSPS) is 9.91. The van der Waals surface area contributed by atoms with Crippen LogP contribution in [0.5, 0.6) is 11.5 Å². The summed E-state index contributed by atoms with van der Waals surface area (Å²) < 4.78 is 10.3. The van der Waals surface area contributed by atoms with Crippen LogP contribution in [-0.4, -0.2) is 24.4 Å². The molecular weight excluding hydrogens is 300 g/mol. The van der Waals surface area contributed by atoms with E-state index in [1.54, 1.807) is 0 Å². The number of esters is 1. The van der Waals surface area contributed by atoms with E-state index in [-0.39, 0.29) is 12.4 Å². The molecule has 0 fully saturated rings. The van der Waals surface area contributed by atoms with Gasteiger partial charge in [-0.3, -0.25) is 9.59 Å². The van der Waals surface area contributed by atoms with Crippen LogP contribution in [0, 0.1) is 0 Å². The van der Waals surface area contributed by atoms with E-state index in [0.29, 0.717) is 16.9 Å². The maximum atomic E-state index is 11.7. The molecule has 2 aromatic carbocycles. The first-order valence-electron chi connectivity index (χ1n) is 6.59. The van der Waals surface area contributed by atoms with Crippen LogP contribution >= 0.6 is 0 Å². The fourth-order valence-electron chi connectivity index (χ4n) is 1.71. The summed E-state index contributed by atoms with van der Waals surface area (Å²) in [6.45, 7) is -0.312. The average molecular weight is 314 g/mol. The van der Waals surface area contributed by atoms with Crippen molar-refractivity contribution in [3.8, 4) is 11.5 Å². The Labute approximate surface area is 131 Å². The molecule has 0 spiro atoms. The molecule has 2 aromatic rings. The van der Waals surface area contributed by atoms with Gasteiger partial charge in [0, 0.05) is 11.1 Å². The molecule has 0 unspecified atom stereocenters. The summed E-state index contributed by atoms with van der Waals surface area (Å²) in [5.41, 5.74) is 10.9. The number of carbonyl (C=O) groups excluding carboxylic acids is 3. The smallest absolute Gasteiger partial charge is 0.349 e. The molecule has 23 heavy (non-hydrogen) atoms. The van der Waals surface area contributed by atoms with E-state index in [0.717, 1.165) is 0 Å². The largest absolute Gasteiger partial charge is 0.482 e. The Hall–Kier alpha value is -3.35. The zero-order valence-corrected chi connectivity index (χ0v) is 12.0. The number of nitrogens with two attached hydrogens (primary N) is 2. The van der Waals surface area contributed by atoms with E-state index in [9.17, 15) is 14.4 Å². The first-order valence-corrected chi connectivity index (χ1v) is 6.59. The summed E-state index contributed by atoms with van der Waals surface area (Å²) in [5.74, 6) is -1.06. The van der Waals surface area contributed by atoms with Gasteiger partial charge in [-0.25, -0.2) is 4.79 Å². The number of hydrogen-bond donors (Lipinski definition) is 2. The molecule has 118 valence electrons. The second-order valence-electron chi connectivity index (χ2n) is 4.54. The van der Waals surface area contributed by atoms with Gasteiger partial charge in [0.25, 0.3) is 0 Å². The molecule has 7 heteroatoms. The SMILES string of the molecule is NC(=O)c1ccc(OCC(=O)Oc2ccc(C(N)=O)cc2)cc1. The number of ether oxygens (including phenoxy) is 2. The van der Waals surface area contributed by atoms with Crippen LogP contribution in [0.3, 0.4) is 0 Å². The topological polar surface area (TPSA) is 122 Å². The molecule has 0 aliphatic carbocycles. The lowest BCUT2D eigenvalue weighted by molar-refractivity contribution is -0.136. The number of hydrogen-bond acceptors (Lipinski definition) is 5. The standard InChI is InChI=1S/C16H14N2O5/c17-15(20)10-1-5-12(6-2-10)22-9-14(19)23-13-7-3-11(4-8-13)16(18)21/h1-8H,9H2,(H2,17,20)(H2,18,21). The Kier molecular flexibility index (Phi) is 4.93. The quantitative estimate of drug-likeness (QED) is 0.605. The molecule has 0 aliphatic heterocycles. The molecule has 2 amide bonds. The maximum Gasteiger partial charge on any atom is 0.349 e. The lowest BCUT2D eigenvalue weighted by Crippen LogP contribution is -2.18. The number of rotatable bonds is 6. The molecule has 0 bridgehead atoms. The van der Waals surface area contributed by atoms with Gasteiger partial charge in [-0.2, -0.15) is 0 Å². The lowest BCUT2D eigenvalue weighted by Gasteiger charge is -2.07. The van der Waals surface area contributed by atoms with Crippen molar-refractivity contribution < 1.29 is 23.9 Å². The molecule has 0 saturated heterocycles. The van der Waals surface area contributed by atoms with E-state index in [4.69, 9.17) is 20.9 Å². The van der Waals surface area contributed by atoms with Crippen molar-refractivity contribution in [2.24, 2.45) is 11.5 Å². The Bertz CT molecular complexity index is 723. The zero-order chi connectivity index (χ0) is 16.8. The highest BCUT2D eigenvalue weighted by molar-refractivity contribution is 5.93. The van der Waals surface area contributed by atoms with E-state index in [2.05, 4.69) is 0 Å². The number of amides is 2. The van der Waals surface area contributed by atoms with E-state index in [1.165, 1.54) is 48.5 Å². The van der Waals surface area contributed by atoms with Crippen molar-refractivity contribution in [2.45, 2.75) is 0 Å². The van der Waals surface area contributed by atoms with Crippen LogP contribution < -0.4 is 20.9 Å². The first-order chi connectivity index (χ1) is 11.0. The summed E-state index contributed by atoms with van der Waals surface area (Å²) >= 11 is 0. The third kappa shape index (κ3) is 4.57. The van der Waals surface area contributed by atoms with Crippen LogP contribution in [0.2, 0.25) is 0 Å². The third-order valence-corrected chi connectivity index (χ3v) is 2.87. The Balaban J connectivity index is 1.87. The van der Waals surface area contributed by atoms with E-state index < -0.39 is 17.8 Å². The highest BCUT2D eigenvalue weighted by Crippen LogP contribution is 2.14. The second kappa shape index (κ2) is 7.08. The number of benzene rings is 2. The first kappa shape index (κ1) is 16.0. The minimum Gasteiger partial charge on any atom is -0.482 e. The number of carbonyl (C=O) groups is 3. The van der Waals surface area contributed by atoms with Crippen LogP contribution in [0.4, 0.5) is 0 Å². The van der Waals surface area contributed by atoms with Gasteiger partial charge in [0.1, 0.15) is 11.5 Å². The van der Waals surface area contributed by atoms with Gasteiger partial charge in [0.05, 0.1) is 0 Å². The molecule has 0 aromatic heterocycles. The van der Waals surface area contributed by atoms with Gasteiger partial charge in [-0.05, 0) is 48.5 Å². The summed E-state index contributed by atoms with van der Waals surface area (Å²) in [7, 11) is 0. The van der Waals surface area contributed by atoms with Gasteiger partial charge in [-0.1, -0.05) is 0 Å². The van der Waals surface area contributed by atoms with Gasteiger partial charge >= 0.3 is 5.97 Å².